The fourth-order valence-electron chi connectivity index (χ4n) is 2.56. The molecule has 0 aliphatic rings. The summed E-state index contributed by atoms with van der Waals surface area (Å²) in [6, 6.07) is 12.5. The molecule has 1 N–H and O–H groups in total. The zero-order valence-electron chi connectivity index (χ0n) is 16.3. The van der Waals surface area contributed by atoms with Crippen LogP contribution in [0.1, 0.15) is 6.92 Å². The molecule has 0 saturated heterocycles. The number of hydrogen-bond donors (Lipinski definition) is 1. The van der Waals surface area contributed by atoms with E-state index in [9.17, 15) is 9.59 Å². The van der Waals surface area contributed by atoms with Crippen molar-refractivity contribution in [1.29, 1.82) is 0 Å². The van der Waals surface area contributed by atoms with Gasteiger partial charge in [0.15, 0.2) is 0 Å². The minimum Gasteiger partial charge on any atom is -0.497 e. The van der Waals surface area contributed by atoms with Crippen LogP contribution in [0.15, 0.2) is 42.5 Å². The minimum absolute atomic E-state index is 0.145. The maximum Gasteiger partial charge on any atom is 0.244 e. The quantitative estimate of drug-likeness (QED) is 0.810. The van der Waals surface area contributed by atoms with Crippen molar-refractivity contribution >= 4 is 28.9 Å². The van der Waals surface area contributed by atoms with Crippen LogP contribution >= 0.6 is 0 Å². The fraction of sp³-hybridized carbons (Fsp3) is 0.300. The number of carbonyl (C=O) groups excluding carboxylic acids is 2. The van der Waals surface area contributed by atoms with Crippen LogP contribution in [0.25, 0.3) is 0 Å². The number of amides is 2. The van der Waals surface area contributed by atoms with Gasteiger partial charge in [-0.25, -0.2) is 0 Å². The normalized spacial score (nSPS) is 10.1. The van der Waals surface area contributed by atoms with E-state index in [4.69, 9.17) is 9.47 Å². The van der Waals surface area contributed by atoms with E-state index in [0.717, 1.165) is 5.69 Å². The number of carbonyl (C=O) groups is 2. The Labute approximate surface area is 159 Å². The van der Waals surface area contributed by atoms with Gasteiger partial charge in [0.2, 0.25) is 11.8 Å². The third-order valence-electron chi connectivity index (χ3n) is 4.03. The third-order valence-corrected chi connectivity index (χ3v) is 4.03. The highest BCUT2D eigenvalue weighted by molar-refractivity contribution is 6.02. The number of hydrogen-bond acceptors (Lipinski definition) is 5. The lowest BCUT2D eigenvalue weighted by atomic mass is 10.2. The predicted molar refractivity (Wildman–Crippen MR) is 107 cm³/mol. The first-order chi connectivity index (χ1) is 12.8. The lowest BCUT2D eigenvalue weighted by Gasteiger charge is -2.23. The smallest absolute Gasteiger partial charge is 0.244 e. The van der Waals surface area contributed by atoms with Gasteiger partial charge in [0.1, 0.15) is 18.0 Å². The van der Waals surface area contributed by atoms with Crippen molar-refractivity contribution in [3.63, 3.8) is 0 Å². The average Bonchev–Trinajstić information content (AvgIpc) is 2.65. The Morgan fingerprint density at radius 2 is 1.67 bits per heavy atom. The molecule has 2 amide bonds. The zero-order valence-corrected chi connectivity index (χ0v) is 16.3. The molecule has 0 atom stereocenters. The molecule has 2 aromatic carbocycles. The van der Waals surface area contributed by atoms with Crippen molar-refractivity contribution in [2.24, 2.45) is 0 Å². The highest BCUT2D eigenvalue weighted by Gasteiger charge is 2.20. The Balaban J connectivity index is 2.18. The van der Waals surface area contributed by atoms with Crippen LogP contribution < -0.4 is 24.6 Å². The van der Waals surface area contributed by atoms with Gasteiger partial charge in [-0.15, -0.1) is 0 Å². The molecule has 0 bridgehead atoms. The summed E-state index contributed by atoms with van der Waals surface area (Å²) in [5, 5.41) is 2.81. The first-order valence-corrected chi connectivity index (χ1v) is 8.43. The van der Waals surface area contributed by atoms with Gasteiger partial charge in [0, 0.05) is 38.5 Å². The van der Waals surface area contributed by atoms with Crippen LogP contribution in [0.4, 0.5) is 17.1 Å². The number of ether oxygens (including phenoxy) is 2. The number of nitrogens with zero attached hydrogens (tertiary/aromatic N) is 2. The Kier molecular flexibility index (Phi) is 6.65. The summed E-state index contributed by atoms with van der Waals surface area (Å²) in [6.45, 7) is 1.26. The van der Waals surface area contributed by atoms with E-state index in [1.165, 1.54) is 26.0 Å². The van der Waals surface area contributed by atoms with E-state index in [1.807, 2.05) is 43.3 Å². The molecule has 7 nitrogen and oxygen atoms in total. The predicted octanol–water partition coefficient (Wildman–Crippen LogP) is 2.76. The van der Waals surface area contributed by atoms with E-state index in [0.29, 0.717) is 22.9 Å². The third kappa shape index (κ3) is 5.13. The molecule has 27 heavy (non-hydrogen) atoms. The monoisotopic (exact) mass is 371 g/mol. The topological polar surface area (TPSA) is 71.1 Å². The molecular weight excluding hydrogens is 346 g/mol. The summed E-state index contributed by atoms with van der Waals surface area (Å²) in [7, 11) is 6.93. The van der Waals surface area contributed by atoms with Crippen molar-refractivity contribution in [2.45, 2.75) is 6.92 Å². The van der Waals surface area contributed by atoms with Gasteiger partial charge < -0.3 is 19.7 Å². The van der Waals surface area contributed by atoms with E-state index in [-0.39, 0.29) is 18.4 Å². The molecule has 0 unspecified atom stereocenters. The summed E-state index contributed by atoms with van der Waals surface area (Å²) in [4.78, 5) is 28.0. The highest BCUT2D eigenvalue weighted by Crippen LogP contribution is 2.32. The summed E-state index contributed by atoms with van der Waals surface area (Å²) in [6.07, 6.45) is 0. The second-order valence-corrected chi connectivity index (χ2v) is 6.13. The van der Waals surface area contributed by atoms with Crippen LogP contribution in [-0.4, -0.2) is 46.7 Å². The van der Waals surface area contributed by atoms with Gasteiger partial charge in [-0.3, -0.25) is 14.5 Å². The van der Waals surface area contributed by atoms with E-state index >= 15 is 0 Å². The van der Waals surface area contributed by atoms with Crippen LogP contribution in [0.5, 0.6) is 11.5 Å². The van der Waals surface area contributed by atoms with Crippen molar-refractivity contribution in [3.05, 3.63) is 42.5 Å². The highest BCUT2D eigenvalue weighted by atomic mass is 16.5. The Hall–Kier alpha value is -3.22. The zero-order chi connectivity index (χ0) is 20.0. The summed E-state index contributed by atoms with van der Waals surface area (Å²) in [5.41, 5.74) is 2.16. The number of methoxy groups -OCH3 is 2. The van der Waals surface area contributed by atoms with Crippen molar-refractivity contribution < 1.29 is 19.1 Å². The number of benzene rings is 2. The van der Waals surface area contributed by atoms with Crippen molar-refractivity contribution in [3.8, 4) is 11.5 Å². The maximum atomic E-state index is 12.5. The molecule has 0 heterocycles. The number of nitrogens with one attached hydrogen (secondary N) is 1. The summed E-state index contributed by atoms with van der Waals surface area (Å²) < 4.78 is 10.5. The molecule has 0 fully saturated rings. The van der Waals surface area contributed by atoms with Crippen LogP contribution in [-0.2, 0) is 9.59 Å². The second-order valence-electron chi connectivity index (χ2n) is 6.13. The summed E-state index contributed by atoms with van der Waals surface area (Å²) >= 11 is 0. The van der Waals surface area contributed by atoms with Crippen LogP contribution in [0.3, 0.4) is 0 Å². The number of rotatable bonds is 7. The molecule has 2 aromatic rings. The minimum atomic E-state index is -0.312. The van der Waals surface area contributed by atoms with Crippen LogP contribution in [0.2, 0.25) is 0 Å². The molecular formula is C20H25N3O4. The standard InChI is InChI=1S/C20H25N3O4/c1-14(24)23(18-12-17(26-4)10-11-19(18)27-5)13-20(25)21-15-6-8-16(9-7-15)22(2)3/h6-12H,13H2,1-5H3,(H,21,25). The number of anilines is 3. The first-order valence-electron chi connectivity index (χ1n) is 8.43. The maximum absolute atomic E-state index is 12.5. The summed E-state index contributed by atoms with van der Waals surface area (Å²) in [5.74, 6) is 0.457. The Bertz CT molecular complexity index is 803. The molecule has 144 valence electrons. The van der Waals surface area contributed by atoms with Gasteiger partial charge in [-0.05, 0) is 36.4 Å². The second kappa shape index (κ2) is 8.93. The first kappa shape index (κ1) is 20.1. The molecule has 0 aliphatic heterocycles. The molecule has 0 radical (unpaired) electrons. The van der Waals surface area contributed by atoms with Gasteiger partial charge in [-0.2, -0.15) is 0 Å². The molecule has 0 aromatic heterocycles. The van der Waals surface area contributed by atoms with Crippen LogP contribution in [0, 0.1) is 0 Å². The molecule has 0 aliphatic carbocycles. The largest absolute Gasteiger partial charge is 0.497 e. The SMILES string of the molecule is COc1ccc(OC)c(N(CC(=O)Nc2ccc(N(C)C)cc2)C(C)=O)c1. The van der Waals surface area contributed by atoms with E-state index < -0.39 is 0 Å². The Morgan fingerprint density at radius 1 is 1.00 bits per heavy atom. The molecule has 2 rings (SSSR count). The Morgan fingerprint density at radius 3 is 2.19 bits per heavy atom. The van der Waals surface area contributed by atoms with E-state index in [2.05, 4.69) is 5.32 Å². The molecule has 0 spiro atoms. The molecule has 7 heteroatoms. The van der Waals surface area contributed by atoms with Crippen molar-refractivity contribution in [1.82, 2.24) is 0 Å². The average molecular weight is 371 g/mol. The van der Waals surface area contributed by atoms with Gasteiger partial charge in [-0.1, -0.05) is 0 Å². The van der Waals surface area contributed by atoms with Gasteiger partial charge in [0.05, 0.1) is 19.9 Å². The lowest BCUT2D eigenvalue weighted by molar-refractivity contribution is -0.120. The fourth-order valence-corrected chi connectivity index (χ4v) is 2.56. The van der Waals surface area contributed by atoms with Gasteiger partial charge in [0.25, 0.3) is 0 Å². The van der Waals surface area contributed by atoms with Gasteiger partial charge >= 0.3 is 0 Å². The lowest BCUT2D eigenvalue weighted by Crippen LogP contribution is -2.37. The van der Waals surface area contributed by atoms with Crippen molar-refractivity contribution in [2.75, 3.05) is 50.0 Å². The van der Waals surface area contributed by atoms with E-state index in [1.54, 1.807) is 18.2 Å². The molecule has 0 saturated carbocycles.